The number of ether oxygens (including phenoxy) is 1. The summed E-state index contributed by atoms with van der Waals surface area (Å²) in [6.45, 7) is 5.92. The first-order chi connectivity index (χ1) is 5.90. The lowest BCUT2D eigenvalue weighted by atomic mass is 9.66. The lowest BCUT2D eigenvalue weighted by Crippen LogP contribution is -2.43. The van der Waals surface area contributed by atoms with Crippen LogP contribution in [0.5, 0.6) is 0 Å². The van der Waals surface area contributed by atoms with Crippen LogP contribution >= 0.6 is 0 Å². The van der Waals surface area contributed by atoms with Crippen molar-refractivity contribution in [3.63, 3.8) is 0 Å². The maximum Gasteiger partial charge on any atom is 0.313 e. The van der Waals surface area contributed by atoms with E-state index in [4.69, 9.17) is 4.74 Å². The van der Waals surface area contributed by atoms with Crippen molar-refractivity contribution in [2.75, 3.05) is 6.61 Å². The number of fused-ring (bicyclic) bond motifs is 2. The van der Waals surface area contributed by atoms with Gasteiger partial charge < -0.3 is 9.84 Å². The van der Waals surface area contributed by atoms with Crippen molar-refractivity contribution in [2.24, 2.45) is 10.8 Å². The molecule has 1 aliphatic carbocycles. The number of aliphatic hydroxyl groups is 1. The van der Waals surface area contributed by atoms with Gasteiger partial charge in [0, 0.05) is 5.41 Å². The Balaban J connectivity index is 2.53. The lowest BCUT2D eigenvalue weighted by molar-refractivity contribution is -0.163. The van der Waals surface area contributed by atoms with Crippen LogP contribution in [0.3, 0.4) is 0 Å². The second-order valence-corrected chi connectivity index (χ2v) is 5.00. The van der Waals surface area contributed by atoms with Crippen molar-refractivity contribution >= 4 is 5.97 Å². The van der Waals surface area contributed by atoms with Crippen LogP contribution < -0.4 is 0 Å². The Bertz CT molecular complexity index is 271. The van der Waals surface area contributed by atoms with Crippen LogP contribution in [0.4, 0.5) is 0 Å². The molecule has 2 aliphatic rings. The molecule has 3 nitrogen and oxygen atoms in total. The minimum atomic E-state index is -0.612. The first-order valence-corrected chi connectivity index (χ1v) is 4.74. The van der Waals surface area contributed by atoms with Gasteiger partial charge >= 0.3 is 5.97 Å². The standard InChI is InChI=1S/C10H16O3/c1-8(2)9(3)4-5-10(8,6-11)13-7(9)12/h11H,4-6H2,1-3H3/t9-,10+/m0/s1. The Morgan fingerprint density at radius 2 is 2.00 bits per heavy atom. The summed E-state index contributed by atoms with van der Waals surface area (Å²) in [5.74, 6) is -0.141. The van der Waals surface area contributed by atoms with Crippen LogP contribution in [0.2, 0.25) is 0 Å². The third-order valence-electron chi connectivity index (χ3n) is 4.54. The van der Waals surface area contributed by atoms with E-state index in [-0.39, 0.29) is 18.0 Å². The van der Waals surface area contributed by atoms with Gasteiger partial charge in [-0.1, -0.05) is 13.8 Å². The summed E-state index contributed by atoms with van der Waals surface area (Å²) in [5, 5.41) is 9.33. The molecule has 3 heteroatoms. The summed E-state index contributed by atoms with van der Waals surface area (Å²) in [6, 6.07) is 0. The maximum absolute atomic E-state index is 11.6. The molecular weight excluding hydrogens is 168 g/mol. The Labute approximate surface area is 78.1 Å². The van der Waals surface area contributed by atoms with Crippen LogP contribution in [0.15, 0.2) is 0 Å². The first kappa shape index (κ1) is 9.00. The minimum Gasteiger partial charge on any atom is -0.456 e. The van der Waals surface area contributed by atoms with Crippen LogP contribution in [0, 0.1) is 10.8 Å². The SMILES string of the molecule is CC1(C)[C@]2(CO)CC[C@@]1(C)C(=O)O2. The Hall–Kier alpha value is -0.570. The molecule has 2 fully saturated rings. The van der Waals surface area contributed by atoms with E-state index in [0.29, 0.717) is 0 Å². The number of hydrogen-bond acceptors (Lipinski definition) is 3. The van der Waals surface area contributed by atoms with Gasteiger partial charge in [-0.25, -0.2) is 0 Å². The molecule has 2 bridgehead atoms. The molecule has 0 aromatic carbocycles. The number of hydrogen-bond donors (Lipinski definition) is 1. The Morgan fingerprint density at radius 1 is 1.38 bits per heavy atom. The molecule has 74 valence electrons. The Morgan fingerprint density at radius 3 is 2.23 bits per heavy atom. The molecule has 0 aromatic heterocycles. The van der Waals surface area contributed by atoms with Crippen molar-refractivity contribution < 1.29 is 14.6 Å². The molecule has 2 rings (SSSR count). The van der Waals surface area contributed by atoms with Crippen LogP contribution in [-0.4, -0.2) is 23.3 Å². The fourth-order valence-corrected chi connectivity index (χ4v) is 2.71. The molecule has 1 saturated carbocycles. The quantitative estimate of drug-likeness (QED) is 0.621. The largest absolute Gasteiger partial charge is 0.456 e. The van der Waals surface area contributed by atoms with Gasteiger partial charge in [0.25, 0.3) is 0 Å². The van der Waals surface area contributed by atoms with Gasteiger partial charge in [-0.15, -0.1) is 0 Å². The zero-order valence-electron chi connectivity index (χ0n) is 8.39. The second-order valence-electron chi connectivity index (χ2n) is 5.00. The van der Waals surface area contributed by atoms with Gasteiger partial charge in [0.05, 0.1) is 12.0 Å². The van der Waals surface area contributed by atoms with Crippen molar-refractivity contribution in [1.29, 1.82) is 0 Å². The van der Waals surface area contributed by atoms with E-state index in [1.54, 1.807) is 0 Å². The van der Waals surface area contributed by atoms with Crippen LogP contribution in [0.1, 0.15) is 33.6 Å². The van der Waals surface area contributed by atoms with Gasteiger partial charge in [-0.05, 0) is 19.8 Å². The zero-order chi connectivity index (χ0) is 9.91. The van der Waals surface area contributed by atoms with Gasteiger partial charge in [-0.3, -0.25) is 4.79 Å². The van der Waals surface area contributed by atoms with Crippen molar-refractivity contribution in [2.45, 2.75) is 39.2 Å². The molecule has 0 aromatic rings. The van der Waals surface area contributed by atoms with Crippen molar-refractivity contribution in [1.82, 2.24) is 0 Å². The third-order valence-corrected chi connectivity index (χ3v) is 4.54. The van der Waals surface area contributed by atoms with E-state index >= 15 is 0 Å². The average Bonchev–Trinajstić information content (AvgIpc) is 2.34. The highest BCUT2D eigenvalue weighted by molar-refractivity contribution is 5.82. The predicted octanol–water partition coefficient (Wildman–Crippen LogP) is 1.10. The summed E-state index contributed by atoms with van der Waals surface area (Å²) in [4.78, 5) is 11.6. The first-order valence-electron chi connectivity index (χ1n) is 4.74. The van der Waals surface area contributed by atoms with E-state index in [2.05, 4.69) is 0 Å². The second kappa shape index (κ2) is 2.08. The third kappa shape index (κ3) is 0.688. The molecule has 1 N–H and O–H groups in total. The summed E-state index contributed by atoms with van der Waals surface area (Å²) in [5.41, 5.74) is -1.25. The highest BCUT2D eigenvalue weighted by Gasteiger charge is 2.72. The number of esters is 1. The summed E-state index contributed by atoms with van der Waals surface area (Å²) in [7, 11) is 0. The fraction of sp³-hybridized carbons (Fsp3) is 0.900. The molecule has 0 spiro atoms. The van der Waals surface area contributed by atoms with Gasteiger partial charge in [-0.2, -0.15) is 0 Å². The van der Waals surface area contributed by atoms with Crippen LogP contribution in [-0.2, 0) is 9.53 Å². The fourth-order valence-electron chi connectivity index (χ4n) is 2.71. The zero-order valence-corrected chi connectivity index (χ0v) is 8.39. The molecule has 1 aliphatic heterocycles. The summed E-state index contributed by atoms with van der Waals surface area (Å²) < 4.78 is 5.33. The summed E-state index contributed by atoms with van der Waals surface area (Å²) >= 11 is 0. The van der Waals surface area contributed by atoms with Crippen molar-refractivity contribution in [3.05, 3.63) is 0 Å². The molecule has 1 heterocycles. The number of carbonyl (C=O) groups is 1. The predicted molar refractivity (Wildman–Crippen MR) is 47.0 cm³/mol. The van der Waals surface area contributed by atoms with E-state index < -0.39 is 11.0 Å². The normalized spacial score (nSPS) is 46.6. The van der Waals surface area contributed by atoms with E-state index in [0.717, 1.165) is 12.8 Å². The maximum atomic E-state index is 11.6. The van der Waals surface area contributed by atoms with E-state index in [1.165, 1.54) is 0 Å². The van der Waals surface area contributed by atoms with Gasteiger partial charge in [0.1, 0.15) is 5.60 Å². The molecule has 0 radical (unpaired) electrons. The van der Waals surface area contributed by atoms with E-state index in [9.17, 15) is 9.90 Å². The van der Waals surface area contributed by atoms with Crippen molar-refractivity contribution in [3.8, 4) is 0 Å². The molecular formula is C10H16O3. The molecule has 0 unspecified atom stereocenters. The van der Waals surface area contributed by atoms with E-state index in [1.807, 2.05) is 20.8 Å². The highest BCUT2D eigenvalue weighted by Crippen LogP contribution is 2.65. The van der Waals surface area contributed by atoms with Crippen LogP contribution in [0.25, 0.3) is 0 Å². The highest BCUT2D eigenvalue weighted by atomic mass is 16.6. The lowest BCUT2D eigenvalue weighted by Gasteiger charge is -2.35. The Kier molecular flexibility index (Phi) is 1.44. The number of carbonyl (C=O) groups excluding carboxylic acids is 1. The van der Waals surface area contributed by atoms with Gasteiger partial charge in [0.2, 0.25) is 0 Å². The molecule has 2 atom stereocenters. The average molecular weight is 184 g/mol. The minimum absolute atomic E-state index is 0.0542. The molecule has 13 heavy (non-hydrogen) atoms. The topological polar surface area (TPSA) is 46.5 Å². The number of rotatable bonds is 1. The molecule has 1 saturated heterocycles. The monoisotopic (exact) mass is 184 g/mol. The smallest absolute Gasteiger partial charge is 0.313 e. The summed E-state index contributed by atoms with van der Waals surface area (Å²) in [6.07, 6.45) is 1.62. The molecule has 0 amide bonds. The number of aliphatic hydroxyl groups excluding tert-OH is 1. The van der Waals surface area contributed by atoms with Gasteiger partial charge in [0.15, 0.2) is 0 Å².